The fourth-order valence-corrected chi connectivity index (χ4v) is 7.97. The van der Waals surface area contributed by atoms with E-state index in [0.717, 1.165) is 77.2 Å². The zero-order valence-electron chi connectivity index (χ0n) is 28.0. The van der Waals surface area contributed by atoms with Crippen LogP contribution in [0.2, 0.25) is 0 Å². The summed E-state index contributed by atoms with van der Waals surface area (Å²) in [5, 5.41) is 7.76. The van der Waals surface area contributed by atoms with Crippen molar-refractivity contribution in [1.82, 2.24) is 14.5 Å². The lowest BCUT2D eigenvalue weighted by molar-refractivity contribution is 0.673. The molecule has 0 unspecified atom stereocenters. The van der Waals surface area contributed by atoms with E-state index in [9.17, 15) is 0 Å². The second kappa shape index (κ2) is 11.2. The predicted molar refractivity (Wildman–Crippen MR) is 215 cm³/mol. The van der Waals surface area contributed by atoms with Gasteiger partial charge in [0.15, 0.2) is 5.82 Å². The molecular formula is C48H29N3O. The number of nitrogens with zero attached hydrogens (tertiary/aromatic N) is 3. The van der Waals surface area contributed by atoms with Crippen molar-refractivity contribution in [2.45, 2.75) is 0 Å². The molecular weight excluding hydrogens is 635 g/mol. The van der Waals surface area contributed by atoms with Gasteiger partial charge >= 0.3 is 0 Å². The Kier molecular flexibility index (Phi) is 6.22. The van der Waals surface area contributed by atoms with Gasteiger partial charge in [0.25, 0.3) is 0 Å². The Morgan fingerprint density at radius 3 is 2.00 bits per heavy atom. The van der Waals surface area contributed by atoms with E-state index < -0.39 is 0 Å². The second-order valence-corrected chi connectivity index (χ2v) is 13.4. The number of benzene rings is 8. The minimum absolute atomic E-state index is 0.678. The molecule has 4 heteroatoms. The van der Waals surface area contributed by atoms with Crippen LogP contribution in [0.4, 0.5) is 0 Å². The monoisotopic (exact) mass is 663 g/mol. The largest absolute Gasteiger partial charge is 0.455 e. The van der Waals surface area contributed by atoms with Crippen LogP contribution >= 0.6 is 0 Å². The molecule has 11 rings (SSSR count). The van der Waals surface area contributed by atoms with E-state index in [1.165, 1.54) is 21.8 Å². The van der Waals surface area contributed by atoms with E-state index >= 15 is 0 Å². The summed E-state index contributed by atoms with van der Waals surface area (Å²) in [5.41, 5.74) is 11.3. The Bertz CT molecular complexity index is 3180. The van der Waals surface area contributed by atoms with Crippen LogP contribution in [-0.2, 0) is 0 Å². The molecule has 3 heterocycles. The van der Waals surface area contributed by atoms with Gasteiger partial charge in [-0.05, 0) is 71.1 Å². The van der Waals surface area contributed by atoms with Crippen LogP contribution in [0, 0.1) is 0 Å². The van der Waals surface area contributed by atoms with E-state index in [1.54, 1.807) is 0 Å². The molecule has 0 atom stereocenters. The molecule has 0 radical (unpaired) electrons. The Labute approximate surface area is 298 Å². The van der Waals surface area contributed by atoms with E-state index in [1.807, 2.05) is 6.07 Å². The summed E-state index contributed by atoms with van der Waals surface area (Å²) in [6, 6.07) is 61.9. The zero-order valence-corrected chi connectivity index (χ0v) is 28.0. The maximum Gasteiger partial charge on any atom is 0.160 e. The highest BCUT2D eigenvalue weighted by Crippen LogP contribution is 2.41. The van der Waals surface area contributed by atoms with Gasteiger partial charge in [0.2, 0.25) is 0 Å². The number of rotatable bonds is 4. The summed E-state index contributed by atoms with van der Waals surface area (Å²) in [7, 11) is 0. The zero-order chi connectivity index (χ0) is 34.2. The first kappa shape index (κ1) is 28.8. The molecule has 3 aromatic heterocycles. The third-order valence-electron chi connectivity index (χ3n) is 10.4. The average Bonchev–Trinajstić information content (AvgIpc) is 3.77. The molecule has 242 valence electrons. The highest BCUT2D eigenvalue weighted by Gasteiger charge is 2.19. The van der Waals surface area contributed by atoms with Gasteiger partial charge in [-0.25, -0.2) is 9.97 Å². The molecule has 4 nitrogen and oxygen atoms in total. The Hall–Kier alpha value is -7.04. The molecule has 0 saturated carbocycles. The molecule has 11 aromatic rings. The quantitative estimate of drug-likeness (QED) is 0.188. The van der Waals surface area contributed by atoms with Crippen molar-refractivity contribution in [1.29, 1.82) is 0 Å². The molecule has 0 N–H and O–H groups in total. The predicted octanol–water partition coefficient (Wildman–Crippen LogP) is 12.8. The molecule has 0 aliphatic heterocycles. The SMILES string of the molecule is c1ccc(-c2nc(-c3cccc(-c4ccc5c(c4)c4ccccc4n5-c4ccccc4)c3)nc3c2ccc2oc4c5ccccc5ccc4c23)cc1. The van der Waals surface area contributed by atoms with Gasteiger partial charge in [0, 0.05) is 43.7 Å². The van der Waals surface area contributed by atoms with Gasteiger partial charge < -0.3 is 8.98 Å². The lowest BCUT2D eigenvalue weighted by atomic mass is 9.99. The molecule has 0 amide bonds. The Morgan fingerprint density at radius 1 is 0.423 bits per heavy atom. The third kappa shape index (κ3) is 4.34. The van der Waals surface area contributed by atoms with Gasteiger partial charge in [0.1, 0.15) is 11.2 Å². The minimum atomic E-state index is 0.678. The van der Waals surface area contributed by atoms with Gasteiger partial charge in [-0.1, -0.05) is 121 Å². The first-order valence-electron chi connectivity index (χ1n) is 17.6. The number of fused-ring (bicyclic) bond motifs is 10. The topological polar surface area (TPSA) is 43.9 Å². The average molecular weight is 664 g/mol. The van der Waals surface area contributed by atoms with Crippen LogP contribution in [0.5, 0.6) is 0 Å². The number of aromatic nitrogens is 3. The molecule has 0 spiro atoms. The third-order valence-corrected chi connectivity index (χ3v) is 10.4. The molecule has 52 heavy (non-hydrogen) atoms. The molecule has 0 fully saturated rings. The number of hydrogen-bond donors (Lipinski definition) is 0. The molecule has 0 bridgehead atoms. The Morgan fingerprint density at radius 2 is 1.12 bits per heavy atom. The molecule has 0 saturated heterocycles. The van der Waals surface area contributed by atoms with Crippen LogP contribution in [0.3, 0.4) is 0 Å². The van der Waals surface area contributed by atoms with E-state index in [0.29, 0.717) is 5.82 Å². The molecule has 0 aliphatic carbocycles. The van der Waals surface area contributed by atoms with Crippen molar-refractivity contribution in [3.8, 4) is 39.5 Å². The van der Waals surface area contributed by atoms with Gasteiger partial charge in [0.05, 0.1) is 27.6 Å². The highest BCUT2D eigenvalue weighted by atomic mass is 16.3. The van der Waals surface area contributed by atoms with Crippen molar-refractivity contribution in [3.63, 3.8) is 0 Å². The Balaban J connectivity index is 1.12. The van der Waals surface area contributed by atoms with Crippen molar-refractivity contribution >= 4 is 65.4 Å². The lowest BCUT2D eigenvalue weighted by Gasteiger charge is -2.11. The molecule has 0 aliphatic rings. The van der Waals surface area contributed by atoms with E-state index in [2.05, 4.69) is 174 Å². The van der Waals surface area contributed by atoms with E-state index in [-0.39, 0.29) is 0 Å². The number of hydrogen-bond acceptors (Lipinski definition) is 3. The first-order valence-corrected chi connectivity index (χ1v) is 17.6. The van der Waals surface area contributed by atoms with Crippen LogP contribution < -0.4 is 0 Å². The maximum atomic E-state index is 6.58. The normalized spacial score (nSPS) is 11.8. The van der Waals surface area contributed by atoms with E-state index in [4.69, 9.17) is 14.4 Å². The summed E-state index contributed by atoms with van der Waals surface area (Å²) in [4.78, 5) is 10.6. The van der Waals surface area contributed by atoms with Crippen LogP contribution in [0.15, 0.2) is 180 Å². The van der Waals surface area contributed by atoms with Crippen LogP contribution in [0.25, 0.3) is 105 Å². The van der Waals surface area contributed by atoms with Crippen LogP contribution in [0.1, 0.15) is 0 Å². The van der Waals surface area contributed by atoms with Crippen molar-refractivity contribution in [3.05, 3.63) is 176 Å². The summed E-state index contributed by atoms with van der Waals surface area (Å²) < 4.78 is 8.92. The van der Waals surface area contributed by atoms with Gasteiger partial charge in [-0.3, -0.25) is 0 Å². The van der Waals surface area contributed by atoms with Gasteiger partial charge in [-0.2, -0.15) is 0 Å². The fourth-order valence-electron chi connectivity index (χ4n) is 7.97. The summed E-state index contributed by atoms with van der Waals surface area (Å²) in [6.07, 6.45) is 0. The van der Waals surface area contributed by atoms with Crippen LogP contribution in [-0.4, -0.2) is 14.5 Å². The minimum Gasteiger partial charge on any atom is -0.455 e. The fraction of sp³-hybridized carbons (Fsp3) is 0. The van der Waals surface area contributed by atoms with Crippen molar-refractivity contribution in [2.75, 3.05) is 0 Å². The van der Waals surface area contributed by atoms with Gasteiger partial charge in [-0.15, -0.1) is 0 Å². The lowest BCUT2D eigenvalue weighted by Crippen LogP contribution is -1.96. The van der Waals surface area contributed by atoms with Crippen molar-refractivity contribution < 1.29 is 4.42 Å². The summed E-state index contributed by atoms with van der Waals surface area (Å²) in [6.45, 7) is 0. The highest BCUT2D eigenvalue weighted by molar-refractivity contribution is 6.23. The molecule has 8 aromatic carbocycles. The summed E-state index contributed by atoms with van der Waals surface area (Å²) in [5.74, 6) is 0.678. The number of furan rings is 1. The standard InChI is InChI=1S/C48H29N3O/c1-3-13-31(14-4-1)45-39-25-27-43-44(38-24-22-30-12-7-8-19-36(30)47(38)52-43)46(39)50-48(49-45)34-16-11-15-32(28-34)33-23-26-42-40(29-33)37-20-9-10-21-41(37)51(42)35-17-5-2-6-18-35/h1-29H. The smallest absolute Gasteiger partial charge is 0.160 e. The first-order chi connectivity index (χ1) is 25.8. The number of para-hydroxylation sites is 2. The maximum absolute atomic E-state index is 6.58. The van der Waals surface area contributed by atoms with Crippen molar-refractivity contribution in [2.24, 2.45) is 0 Å². The second-order valence-electron chi connectivity index (χ2n) is 13.4. The summed E-state index contributed by atoms with van der Waals surface area (Å²) >= 11 is 0.